The normalized spacial score (nSPS) is 15.6. The minimum atomic E-state index is -0.290. The molecule has 0 saturated heterocycles. The van der Waals surface area contributed by atoms with E-state index in [0.29, 0.717) is 24.0 Å². The topological polar surface area (TPSA) is 51.4 Å². The van der Waals surface area contributed by atoms with Crippen LogP contribution in [-0.4, -0.2) is 23.0 Å². The number of thiazole rings is 1. The number of fused-ring (bicyclic) bond motifs is 1. The predicted molar refractivity (Wildman–Crippen MR) is 72.5 cm³/mol. The zero-order chi connectivity index (χ0) is 13.2. The molecule has 0 amide bonds. The van der Waals surface area contributed by atoms with Crippen LogP contribution in [0.25, 0.3) is 0 Å². The number of nitrogen functional groups attached to an aromatic ring is 1. The zero-order valence-electron chi connectivity index (χ0n) is 10.3. The number of para-hydroxylation sites is 1. The van der Waals surface area contributed by atoms with E-state index >= 15 is 0 Å². The lowest BCUT2D eigenvalue weighted by atomic mass is 10.2. The first-order chi connectivity index (χ1) is 9.22. The molecule has 0 atom stereocenters. The Labute approximate surface area is 114 Å². The van der Waals surface area contributed by atoms with Crippen LogP contribution >= 0.6 is 11.3 Å². The van der Waals surface area contributed by atoms with Crippen LogP contribution in [-0.2, 0) is 13.1 Å². The molecule has 1 aliphatic rings. The van der Waals surface area contributed by atoms with Gasteiger partial charge < -0.3 is 10.5 Å². The predicted octanol–water partition coefficient (Wildman–Crippen LogP) is 2.26. The molecule has 0 radical (unpaired) electrons. The molecule has 1 aliphatic heterocycles. The van der Waals surface area contributed by atoms with Gasteiger partial charge in [0, 0.05) is 36.3 Å². The van der Waals surface area contributed by atoms with E-state index in [0.717, 1.165) is 23.5 Å². The van der Waals surface area contributed by atoms with Crippen LogP contribution in [0.3, 0.4) is 0 Å². The Morgan fingerprint density at radius 2 is 2.37 bits per heavy atom. The molecule has 0 aliphatic carbocycles. The number of ether oxygens (including phenoxy) is 1. The van der Waals surface area contributed by atoms with E-state index in [9.17, 15) is 4.39 Å². The summed E-state index contributed by atoms with van der Waals surface area (Å²) in [5.74, 6) is 0.0928. The van der Waals surface area contributed by atoms with Crippen molar-refractivity contribution in [2.24, 2.45) is 0 Å². The third kappa shape index (κ3) is 2.69. The first-order valence-corrected chi connectivity index (χ1v) is 6.87. The van der Waals surface area contributed by atoms with E-state index in [-0.39, 0.29) is 5.82 Å². The number of aromatic nitrogens is 1. The van der Waals surface area contributed by atoms with Gasteiger partial charge in [-0.2, -0.15) is 0 Å². The highest BCUT2D eigenvalue weighted by Crippen LogP contribution is 2.27. The molecular weight excluding hydrogens is 265 g/mol. The van der Waals surface area contributed by atoms with Crippen molar-refractivity contribution in [3.63, 3.8) is 0 Å². The van der Waals surface area contributed by atoms with Crippen LogP contribution < -0.4 is 10.5 Å². The maximum absolute atomic E-state index is 13.6. The molecule has 4 nitrogen and oxygen atoms in total. The second-order valence-electron chi connectivity index (χ2n) is 4.45. The summed E-state index contributed by atoms with van der Waals surface area (Å²) in [7, 11) is 0. The van der Waals surface area contributed by atoms with Gasteiger partial charge in [0.25, 0.3) is 0 Å². The summed E-state index contributed by atoms with van der Waals surface area (Å²) in [4.78, 5) is 7.36. The number of nitrogens with zero attached hydrogens (tertiary/aromatic N) is 2. The fourth-order valence-electron chi connectivity index (χ4n) is 2.19. The molecule has 19 heavy (non-hydrogen) atoms. The number of anilines is 1. The number of hydrogen-bond donors (Lipinski definition) is 1. The summed E-state index contributed by atoms with van der Waals surface area (Å²) in [5, 5.41) is 0.576. The number of nitrogens with two attached hydrogens (primary N) is 1. The van der Waals surface area contributed by atoms with E-state index in [1.807, 2.05) is 6.07 Å². The van der Waals surface area contributed by atoms with Gasteiger partial charge in [0.2, 0.25) is 0 Å². The third-order valence-electron chi connectivity index (χ3n) is 3.05. The van der Waals surface area contributed by atoms with Crippen molar-refractivity contribution >= 4 is 16.5 Å². The maximum Gasteiger partial charge on any atom is 0.180 e. The van der Waals surface area contributed by atoms with Crippen molar-refractivity contribution in [1.82, 2.24) is 9.88 Å². The van der Waals surface area contributed by atoms with Crippen LogP contribution in [0.5, 0.6) is 5.75 Å². The van der Waals surface area contributed by atoms with Crippen LogP contribution in [0, 0.1) is 5.82 Å². The molecular formula is C13H14FN3OS. The number of benzene rings is 1. The average molecular weight is 279 g/mol. The number of hydrogen-bond acceptors (Lipinski definition) is 5. The van der Waals surface area contributed by atoms with Crippen LogP contribution in [0.15, 0.2) is 24.4 Å². The summed E-state index contributed by atoms with van der Waals surface area (Å²) >= 11 is 1.48. The highest BCUT2D eigenvalue weighted by molar-refractivity contribution is 7.15. The van der Waals surface area contributed by atoms with Gasteiger partial charge in [-0.3, -0.25) is 4.90 Å². The molecule has 0 spiro atoms. The van der Waals surface area contributed by atoms with Crippen LogP contribution in [0.2, 0.25) is 0 Å². The van der Waals surface area contributed by atoms with Crippen molar-refractivity contribution < 1.29 is 9.13 Å². The first kappa shape index (κ1) is 12.4. The van der Waals surface area contributed by atoms with Gasteiger partial charge in [-0.1, -0.05) is 12.1 Å². The van der Waals surface area contributed by atoms with Crippen molar-refractivity contribution in [3.8, 4) is 5.75 Å². The molecule has 3 rings (SSSR count). The van der Waals surface area contributed by atoms with Gasteiger partial charge in [0.05, 0.1) is 0 Å². The van der Waals surface area contributed by atoms with Crippen molar-refractivity contribution in [3.05, 3.63) is 40.7 Å². The van der Waals surface area contributed by atoms with Crippen LogP contribution in [0.4, 0.5) is 9.52 Å². The number of rotatable bonds is 2. The lowest BCUT2D eigenvalue weighted by molar-refractivity contribution is 0.218. The fraction of sp³-hybridized carbons (Fsp3) is 0.308. The molecule has 0 fully saturated rings. The van der Waals surface area contributed by atoms with Gasteiger partial charge in [-0.05, 0) is 6.07 Å². The zero-order valence-corrected chi connectivity index (χ0v) is 11.1. The molecule has 1 aromatic carbocycles. The Hall–Kier alpha value is -1.66. The molecule has 2 N–H and O–H groups in total. The molecule has 6 heteroatoms. The second kappa shape index (κ2) is 5.14. The Balaban J connectivity index is 1.78. The van der Waals surface area contributed by atoms with E-state index < -0.39 is 0 Å². The summed E-state index contributed by atoms with van der Waals surface area (Å²) in [5.41, 5.74) is 6.51. The summed E-state index contributed by atoms with van der Waals surface area (Å²) in [6.07, 6.45) is 1.79. The van der Waals surface area contributed by atoms with Crippen molar-refractivity contribution in [2.45, 2.75) is 13.1 Å². The van der Waals surface area contributed by atoms with Crippen molar-refractivity contribution in [2.75, 3.05) is 18.9 Å². The average Bonchev–Trinajstić information content (AvgIpc) is 2.67. The molecule has 0 saturated carbocycles. The number of halogens is 1. The monoisotopic (exact) mass is 279 g/mol. The summed E-state index contributed by atoms with van der Waals surface area (Å²) in [6, 6.07) is 5.04. The lowest BCUT2D eigenvalue weighted by Crippen LogP contribution is -2.24. The Bertz CT molecular complexity index is 587. The highest BCUT2D eigenvalue weighted by atomic mass is 32.1. The van der Waals surface area contributed by atoms with Gasteiger partial charge in [-0.25, -0.2) is 9.37 Å². The molecule has 0 unspecified atom stereocenters. The molecule has 0 bridgehead atoms. The van der Waals surface area contributed by atoms with E-state index in [4.69, 9.17) is 10.5 Å². The first-order valence-electron chi connectivity index (χ1n) is 6.05. The van der Waals surface area contributed by atoms with Crippen molar-refractivity contribution in [1.29, 1.82) is 0 Å². The minimum Gasteiger partial charge on any atom is -0.489 e. The lowest BCUT2D eigenvalue weighted by Gasteiger charge is -2.17. The largest absolute Gasteiger partial charge is 0.489 e. The van der Waals surface area contributed by atoms with E-state index in [1.165, 1.54) is 17.4 Å². The third-order valence-corrected chi connectivity index (χ3v) is 3.86. The molecule has 1 aromatic heterocycles. The molecule has 2 heterocycles. The maximum atomic E-state index is 13.6. The Kier molecular flexibility index (Phi) is 3.35. The van der Waals surface area contributed by atoms with E-state index in [1.54, 1.807) is 12.3 Å². The van der Waals surface area contributed by atoms with Gasteiger partial charge in [0.15, 0.2) is 16.7 Å². The highest BCUT2D eigenvalue weighted by Gasteiger charge is 2.18. The Morgan fingerprint density at radius 3 is 3.16 bits per heavy atom. The minimum absolute atomic E-state index is 0.290. The van der Waals surface area contributed by atoms with E-state index in [2.05, 4.69) is 9.88 Å². The summed E-state index contributed by atoms with van der Waals surface area (Å²) in [6.45, 7) is 2.67. The van der Waals surface area contributed by atoms with Crippen LogP contribution in [0.1, 0.15) is 10.4 Å². The Morgan fingerprint density at radius 1 is 1.47 bits per heavy atom. The van der Waals surface area contributed by atoms with Gasteiger partial charge >= 0.3 is 0 Å². The molecule has 100 valence electrons. The van der Waals surface area contributed by atoms with Gasteiger partial charge in [-0.15, -0.1) is 11.3 Å². The standard InChI is InChI=1S/C13H14FN3OS/c14-11-3-1-2-9-7-17(4-5-18-12(9)11)8-10-6-16-13(15)19-10/h1-3,6H,4-5,7-8H2,(H2,15,16). The SMILES string of the molecule is Nc1ncc(CN2CCOc3c(F)cccc3C2)s1. The second-order valence-corrected chi connectivity index (χ2v) is 5.60. The molecule has 2 aromatic rings. The smallest absolute Gasteiger partial charge is 0.180 e. The van der Waals surface area contributed by atoms with Gasteiger partial charge in [0.1, 0.15) is 6.61 Å². The quantitative estimate of drug-likeness (QED) is 0.916. The summed E-state index contributed by atoms with van der Waals surface area (Å²) < 4.78 is 19.1. The fourth-order valence-corrected chi connectivity index (χ4v) is 2.91.